The van der Waals surface area contributed by atoms with Crippen molar-refractivity contribution in [3.63, 3.8) is 0 Å². The molecule has 0 aliphatic carbocycles. The van der Waals surface area contributed by atoms with Gasteiger partial charge in [-0.15, -0.1) is 11.3 Å². The van der Waals surface area contributed by atoms with Gasteiger partial charge in [-0.1, -0.05) is 6.07 Å². The molecule has 1 N–H and O–H groups in total. The maximum Gasteiger partial charge on any atom is 0.261 e. The molecule has 0 spiro atoms. The SMILES string of the molecule is O=C(NCc1ccc2c(c1)OCO2)c1ccc(-c2ccc3c(c2)OCCO3)s1. The minimum atomic E-state index is -0.105. The van der Waals surface area contributed by atoms with Crippen molar-refractivity contribution in [3.05, 3.63) is 59.0 Å². The van der Waals surface area contributed by atoms with Crippen LogP contribution in [0.5, 0.6) is 23.0 Å². The van der Waals surface area contributed by atoms with Gasteiger partial charge < -0.3 is 24.3 Å². The van der Waals surface area contributed by atoms with Gasteiger partial charge in [0.1, 0.15) is 13.2 Å². The van der Waals surface area contributed by atoms with Gasteiger partial charge in [-0.2, -0.15) is 0 Å². The first-order valence-corrected chi connectivity index (χ1v) is 9.74. The Morgan fingerprint density at radius 1 is 0.857 bits per heavy atom. The lowest BCUT2D eigenvalue weighted by Gasteiger charge is -2.18. The van der Waals surface area contributed by atoms with E-state index in [9.17, 15) is 4.79 Å². The lowest BCUT2D eigenvalue weighted by atomic mass is 10.1. The van der Waals surface area contributed by atoms with Crippen LogP contribution in [0.15, 0.2) is 48.5 Å². The number of thiophene rings is 1. The molecule has 3 aromatic rings. The molecule has 2 aromatic carbocycles. The van der Waals surface area contributed by atoms with Crippen molar-refractivity contribution in [2.24, 2.45) is 0 Å². The predicted molar refractivity (Wildman–Crippen MR) is 104 cm³/mol. The number of carbonyl (C=O) groups excluding carboxylic acids is 1. The number of carbonyl (C=O) groups is 1. The third kappa shape index (κ3) is 3.25. The first-order valence-electron chi connectivity index (χ1n) is 8.93. The summed E-state index contributed by atoms with van der Waals surface area (Å²) in [4.78, 5) is 14.2. The summed E-state index contributed by atoms with van der Waals surface area (Å²) in [7, 11) is 0. The van der Waals surface area contributed by atoms with Crippen LogP contribution in [0.25, 0.3) is 10.4 Å². The Morgan fingerprint density at radius 3 is 2.54 bits per heavy atom. The molecule has 0 saturated carbocycles. The molecule has 28 heavy (non-hydrogen) atoms. The van der Waals surface area contributed by atoms with Crippen LogP contribution in [-0.4, -0.2) is 25.9 Å². The zero-order chi connectivity index (χ0) is 18.9. The van der Waals surface area contributed by atoms with Crippen LogP contribution in [0.4, 0.5) is 0 Å². The summed E-state index contributed by atoms with van der Waals surface area (Å²) in [6.45, 7) is 1.78. The van der Waals surface area contributed by atoms with E-state index in [4.69, 9.17) is 18.9 Å². The van der Waals surface area contributed by atoms with E-state index in [-0.39, 0.29) is 12.7 Å². The minimum absolute atomic E-state index is 0.105. The fourth-order valence-electron chi connectivity index (χ4n) is 3.13. The van der Waals surface area contributed by atoms with Crippen LogP contribution in [0.1, 0.15) is 15.2 Å². The topological polar surface area (TPSA) is 66.0 Å². The van der Waals surface area contributed by atoms with Gasteiger partial charge >= 0.3 is 0 Å². The molecule has 1 amide bonds. The number of nitrogens with one attached hydrogen (secondary N) is 1. The van der Waals surface area contributed by atoms with Crippen LogP contribution in [0, 0.1) is 0 Å². The Labute approximate surface area is 165 Å². The molecule has 142 valence electrons. The van der Waals surface area contributed by atoms with Gasteiger partial charge in [-0.25, -0.2) is 0 Å². The number of amides is 1. The first-order chi connectivity index (χ1) is 13.8. The van der Waals surface area contributed by atoms with Crippen LogP contribution in [-0.2, 0) is 6.54 Å². The van der Waals surface area contributed by atoms with E-state index in [1.54, 1.807) is 0 Å². The van der Waals surface area contributed by atoms with Gasteiger partial charge in [-0.3, -0.25) is 4.79 Å². The van der Waals surface area contributed by atoms with Crippen LogP contribution in [0.2, 0.25) is 0 Å². The molecule has 0 unspecified atom stereocenters. The average molecular weight is 395 g/mol. The Kier molecular flexibility index (Phi) is 4.29. The van der Waals surface area contributed by atoms with E-state index in [2.05, 4.69) is 5.32 Å². The van der Waals surface area contributed by atoms with Gasteiger partial charge in [0.25, 0.3) is 5.91 Å². The van der Waals surface area contributed by atoms with E-state index in [0.717, 1.165) is 33.3 Å². The summed E-state index contributed by atoms with van der Waals surface area (Å²) in [6, 6.07) is 15.3. The molecule has 0 atom stereocenters. The summed E-state index contributed by atoms with van der Waals surface area (Å²) in [5.41, 5.74) is 1.96. The fraction of sp³-hybridized carbons (Fsp3) is 0.190. The summed E-state index contributed by atoms with van der Waals surface area (Å²) in [5, 5.41) is 2.95. The third-order valence-electron chi connectivity index (χ3n) is 4.55. The summed E-state index contributed by atoms with van der Waals surface area (Å²) in [6.07, 6.45) is 0. The van der Waals surface area contributed by atoms with Crippen molar-refractivity contribution in [3.8, 4) is 33.4 Å². The van der Waals surface area contributed by atoms with Gasteiger partial charge in [0, 0.05) is 11.4 Å². The van der Waals surface area contributed by atoms with Crippen LogP contribution < -0.4 is 24.3 Å². The molecule has 6 nitrogen and oxygen atoms in total. The van der Waals surface area contributed by atoms with Crippen LogP contribution >= 0.6 is 11.3 Å². The van der Waals surface area contributed by atoms with Crippen molar-refractivity contribution in [1.29, 1.82) is 0 Å². The third-order valence-corrected chi connectivity index (χ3v) is 5.68. The molecule has 5 rings (SSSR count). The smallest absolute Gasteiger partial charge is 0.261 e. The second-order valence-electron chi connectivity index (χ2n) is 6.39. The molecule has 7 heteroatoms. The second kappa shape index (κ2) is 7.09. The number of hydrogen-bond acceptors (Lipinski definition) is 6. The van der Waals surface area contributed by atoms with Crippen molar-refractivity contribution in [2.45, 2.75) is 6.54 Å². The Hall–Kier alpha value is -3.19. The molecule has 1 aromatic heterocycles. The highest BCUT2D eigenvalue weighted by molar-refractivity contribution is 7.17. The van der Waals surface area contributed by atoms with E-state index < -0.39 is 0 Å². The Balaban J connectivity index is 1.27. The van der Waals surface area contributed by atoms with Crippen molar-refractivity contribution in [2.75, 3.05) is 20.0 Å². The van der Waals surface area contributed by atoms with Crippen molar-refractivity contribution in [1.82, 2.24) is 5.32 Å². The molecule has 0 saturated heterocycles. The summed E-state index contributed by atoms with van der Waals surface area (Å²) in [5.74, 6) is 2.84. The molecule has 0 fully saturated rings. The molecule has 0 radical (unpaired) electrons. The highest BCUT2D eigenvalue weighted by Gasteiger charge is 2.16. The van der Waals surface area contributed by atoms with Gasteiger partial charge in [0.05, 0.1) is 4.88 Å². The Bertz CT molecular complexity index is 1050. The van der Waals surface area contributed by atoms with Crippen LogP contribution in [0.3, 0.4) is 0 Å². The summed E-state index contributed by atoms with van der Waals surface area (Å²) < 4.78 is 21.9. The monoisotopic (exact) mass is 395 g/mol. The number of hydrogen-bond donors (Lipinski definition) is 1. The number of fused-ring (bicyclic) bond motifs is 2. The van der Waals surface area contributed by atoms with E-state index in [1.165, 1.54) is 11.3 Å². The summed E-state index contributed by atoms with van der Waals surface area (Å²) >= 11 is 1.45. The van der Waals surface area contributed by atoms with Gasteiger partial charge in [0.15, 0.2) is 23.0 Å². The fourth-order valence-corrected chi connectivity index (χ4v) is 4.05. The Morgan fingerprint density at radius 2 is 1.61 bits per heavy atom. The molecule has 3 heterocycles. The average Bonchev–Trinajstić information content (AvgIpc) is 3.41. The molecular weight excluding hydrogens is 378 g/mol. The van der Waals surface area contributed by atoms with Crippen molar-refractivity contribution >= 4 is 17.2 Å². The standard InChI is InChI=1S/C21H17NO5S/c23-21(22-11-13-1-3-16-17(9-13)27-12-26-16)20-6-5-19(28-20)14-2-4-15-18(10-14)25-8-7-24-15/h1-6,9-10H,7-8,11-12H2,(H,22,23). The van der Waals surface area contributed by atoms with Gasteiger partial charge in [-0.05, 0) is 53.6 Å². The van der Waals surface area contributed by atoms with E-state index >= 15 is 0 Å². The maximum absolute atomic E-state index is 12.5. The molecule has 2 aliphatic heterocycles. The highest BCUT2D eigenvalue weighted by atomic mass is 32.1. The zero-order valence-corrected chi connectivity index (χ0v) is 15.7. The lowest BCUT2D eigenvalue weighted by Crippen LogP contribution is -2.21. The lowest BCUT2D eigenvalue weighted by molar-refractivity contribution is 0.0955. The first kappa shape index (κ1) is 16.9. The van der Waals surface area contributed by atoms with Gasteiger partial charge in [0.2, 0.25) is 6.79 Å². The normalized spacial score (nSPS) is 14.0. The zero-order valence-electron chi connectivity index (χ0n) is 14.9. The second-order valence-corrected chi connectivity index (χ2v) is 7.48. The minimum Gasteiger partial charge on any atom is -0.486 e. The number of benzene rings is 2. The molecule has 0 bridgehead atoms. The van der Waals surface area contributed by atoms with E-state index in [1.807, 2.05) is 48.5 Å². The molecular formula is C21H17NO5S. The largest absolute Gasteiger partial charge is 0.486 e. The van der Waals surface area contributed by atoms with Crippen molar-refractivity contribution < 1.29 is 23.7 Å². The maximum atomic E-state index is 12.5. The quantitative estimate of drug-likeness (QED) is 0.727. The van der Waals surface area contributed by atoms with E-state index in [0.29, 0.717) is 30.4 Å². The number of ether oxygens (including phenoxy) is 4. The number of rotatable bonds is 4. The molecule has 2 aliphatic rings. The highest BCUT2D eigenvalue weighted by Crippen LogP contribution is 2.37. The predicted octanol–water partition coefficient (Wildman–Crippen LogP) is 3.85.